The van der Waals surface area contributed by atoms with Gasteiger partial charge in [0, 0.05) is 25.2 Å². The Kier molecular flexibility index (Phi) is 9.62. The third-order valence-corrected chi connectivity index (χ3v) is 6.46. The molecule has 0 bridgehead atoms. The van der Waals surface area contributed by atoms with Gasteiger partial charge in [-0.1, -0.05) is 24.9 Å². The number of likely N-dealkylation sites (tertiary alicyclic amines) is 1. The second-order valence-electron chi connectivity index (χ2n) is 8.93. The number of piperidine rings is 1. The van der Waals surface area contributed by atoms with E-state index in [0.29, 0.717) is 57.9 Å². The number of benzene rings is 2. The zero-order chi connectivity index (χ0) is 26.0. The number of nitrogens with zero attached hydrogens (tertiary/aromatic N) is 3. The third kappa shape index (κ3) is 7.36. The number of methoxy groups -OCH3 is 1. The van der Waals surface area contributed by atoms with Gasteiger partial charge in [-0.2, -0.15) is 0 Å². The lowest BCUT2D eigenvalue weighted by atomic mass is 10.1. The van der Waals surface area contributed by atoms with Crippen molar-refractivity contribution in [2.24, 2.45) is 0 Å². The second kappa shape index (κ2) is 13.3. The number of hydrogen-bond acceptors (Lipinski definition) is 7. The average molecular weight is 528 g/mol. The van der Waals surface area contributed by atoms with Gasteiger partial charge >= 0.3 is 6.03 Å². The summed E-state index contributed by atoms with van der Waals surface area (Å²) in [7, 11) is 1.61. The van der Waals surface area contributed by atoms with Gasteiger partial charge in [-0.15, -0.1) is 0 Å². The normalized spacial score (nSPS) is 13.8. The van der Waals surface area contributed by atoms with Crippen LogP contribution in [0.2, 0.25) is 5.02 Å². The molecule has 198 valence electrons. The summed E-state index contributed by atoms with van der Waals surface area (Å²) in [6.45, 7) is 6.56. The average Bonchev–Trinajstić information content (AvgIpc) is 2.91. The van der Waals surface area contributed by atoms with Crippen molar-refractivity contribution in [1.82, 2.24) is 20.2 Å². The van der Waals surface area contributed by atoms with Crippen LogP contribution in [0.25, 0.3) is 10.9 Å². The molecule has 0 aliphatic carbocycles. The molecule has 0 atom stereocenters. The molecule has 0 radical (unpaired) electrons. The number of anilines is 1. The van der Waals surface area contributed by atoms with Gasteiger partial charge in [-0.05, 0) is 57.0 Å². The zero-order valence-corrected chi connectivity index (χ0v) is 22.1. The fraction of sp³-hybridized carbons (Fsp3) is 0.444. The highest BCUT2D eigenvalue weighted by molar-refractivity contribution is 6.33. The van der Waals surface area contributed by atoms with Crippen LogP contribution >= 0.6 is 11.6 Å². The van der Waals surface area contributed by atoms with Crippen LogP contribution in [0.3, 0.4) is 0 Å². The van der Waals surface area contributed by atoms with E-state index in [1.165, 1.54) is 38.7 Å². The van der Waals surface area contributed by atoms with Gasteiger partial charge in [0.1, 0.15) is 12.1 Å². The van der Waals surface area contributed by atoms with E-state index in [-0.39, 0.29) is 6.03 Å². The zero-order valence-electron chi connectivity index (χ0n) is 21.4. The summed E-state index contributed by atoms with van der Waals surface area (Å²) in [5.41, 5.74) is 1.16. The van der Waals surface area contributed by atoms with Crippen LogP contribution in [-0.2, 0) is 0 Å². The van der Waals surface area contributed by atoms with Gasteiger partial charge in [0.2, 0.25) is 5.88 Å². The van der Waals surface area contributed by atoms with Gasteiger partial charge in [-0.25, -0.2) is 14.8 Å². The Balaban J connectivity index is 1.44. The number of aromatic nitrogens is 2. The predicted molar refractivity (Wildman–Crippen MR) is 145 cm³/mol. The molecule has 4 rings (SSSR count). The summed E-state index contributed by atoms with van der Waals surface area (Å²) in [5.74, 6) is 2.05. The highest BCUT2D eigenvalue weighted by Crippen LogP contribution is 2.37. The lowest BCUT2D eigenvalue weighted by Gasteiger charge is -2.26. The molecule has 1 aliphatic heterocycles. The van der Waals surface area contributed by atoms with Crippen LogP contribution in [0.5, 0.6) is 23.1 Å². The van der Waals surface area contributed by atoms with Crippen LogP contribution in [0, 0.1) is 0 Å². The summed E-state index contributed by atoms with van der Waals surface area (Å²) in [4.78, 5) is 23.1. The molecule has 1 aromatic heterocycles. The Morgan fingerprint density at radius 3 is 2.70 bits per heavy atom. The minimum absolute atomic E-state index is 0.309. The van der Waals surface area contributed by atoms with E-state index < -0.39 is 0 Å². The number of nitrogens with one attached hydrogen (secondary N) is 2. The van der Waals surface area contributed by atoms with Gasteiger partial charge < -0.3 is 29.7 Å². The summed E-state index contributed by atoms with van der Waals surface area (Å²) >= 11 is 6.38. The van der Waals surface area contributed by atoms with E-state index in [9.17, 15) is 4.79 Å². The maximum absolute atomic E-state index is 11.9. The maximum atomic E-state index is 11.9. The van der Waals surface area contributed by atoms with Crippen molar-refractivity contribution in [3.05, 3.63) is 41.7 Å². The number of amides is 2. The molecule has 10 heteroatoms. The Bertz CT molecular complexity index is 1200. The molecule has 3 aromatic rings. The minimum atomic E-state index is -0.309. The summed E-state index contributed by atoms with van der Waals surface area (Å²) in [6, 6.07) is 8.38. The van der Waals surface area contributed by atoms with Gasteiger partial charge in [-0.3, -0.25) is 0 Å². The Labute approximate surface area is 222 Å². The van der Waals surface area contributed by atoms with E-state index >= 15 is 0 Å². The molecule has 37 heavy (non-hydrogen) atoms. The molecule has 9 nitrogen and oxygen atoms in total. The highest BCUT2D eigenvalue weighted by Gasteiger charge is 2.15. The Morgan fingerprint density at radius 1 is 1.11 bits per heavy atom. The van der Waals surface area contributed by atoms with Gasteiger partial charge in [0.25, 0.3) is 0 Å². The highest BCUT2D eigenvalue weighted by atomic mass is 35.5. The minimum Gasteiger partial charge on any atom is -0.493 e. The molecule has 0 unspecified atom stereocenters. The first-order chi connectivity index (χ1) is 18.1. The number of carbonyl (C=O) groups excluding carboxylic acids is 1. The number of rotatable bonds is 11. The van der Waals surface area contributed by atoms with E-state index in [4.69, 9.17) is 25.8 Å². The first kappa shape index (κ1) is 26.8. The largest absolute Gasteiger partial charge is 0.493 e. The number of ether oxygens (including phenoxy) is 3. The molecule has 2 amide bonds. The van der Waals surface area contributed by atoms with Crippen molar-refractivity contribution in [3.8, 4) is 23.1 Å². The van der Waals surface area contributed by atoms with Crippen molar-refractivity contribution in [3.63, 3.8) is 0 Å². The van der Waals surface area contributed by atoms with Crippen LogP contribution in [0.1, 0.15) is 39.0 Å². The molecule has 1 aliphatic rings. The van der Waals surface area contributed by atoms with Crippen molar-refractivity contribution in [2.75, 3.05) is 45.2 Å². The monoisotopic (exact) mass is 527 g/mol. The smallest absolute Gasteiger partial charge is 0.319 e. The summed E-state index contributed by atoms with van der Waals surface area (Å²) < 4.78 is 17.7. The number of hydrogen-bond donors (Lipinski definition) is 2. The summed E-state index contributed by atoms with van der Waals surface area (Å²) in [5, 5.41) is 6.50. The van der Waals surface area contributed by atoms with Crippen molar-refractivity contribution in [1.29, 1.82) is 0 Å². The lowest BCUT2D eigenvalue weighted by Crippen LogP contribution is -2.31. The standard InChI is InChI=1S/C27H34ClN5O4/c1-3-10-29-27(34)32-22-9-8-19(15-21(22)28)37-26-20-16-24(35-2)25(17-23(20)30-18-31-26)36-14-7-13-33-11-5-4-6-12-33/h8-9,15-18H,3-7,10-14H2,1-2H3,(H2,29,32,34). The van der Waals surface area contributed by atoms with E-state index in [1.807, 2.05) is 19.1 Å². The first-order valence-corrected chi connectivity index (χ1v) is 13.2. The number of carbonyl (C=O) groups is 1. The lowest BCUT2D eigenvalue weighted by molar-refractivity contribution is 0.203. The Hall–Kier alpha value is -3.30. The molecule has 1 saturated heterocycles. The fourth-order valence-electron chi connectivity index (χ4n) is 4.22. The van der Waals surface area contributed by atoms with Crippen molar-refractivity contribution < 1.29 is 19.0 Å². The molecule has 0 spiro atoms. The molecular weight excluding hydrogens is 494 g/mol. The molecular formula is C27H34ClN5O4. The molecule has 2 heterocycles. The third-order valence-electron chi connectivity index (χ3n) is 6.15. The van der Waals surface area contributed by atoms with Crippen LogP contribution in [0.4, 0.5) is 10.5 Å². The summed E-state index contributed by atoms with van der Waals surface area (Å²) in [6.07, 6.45) is 7.14. The molecule has 1 fully saturated rings. The van der Waals surface area contributed by atoms with Crippen LogP contribution in [0.15, 0.2) is 36.7 Å². The fourth-order valence-corrected chi connectivity index (χ4v) is 4.44. The van der Waals surface area contributed by atoms with Crippen molar-refractivity contribution in [2.45, 2.75) is 39.0 Å². The predicted octanol–water partition coefficient (Wildman–Crippen LogP) is 5.87. The molecule has 0 saturated carbocycles. The second-order valence-corrected chi connectivity index (χ2v) is 9.34. The van der Waals surface area contributed by atoms with Crippen LogP contribution < -0.4 is 24.8 Å². The SMILES string of the molecule is CCCNC(=O)Nc1ccc(Oc2ncnc3cc(OCCCN4CCCCC4)c(OC)cc23)cc1Cl. The number of urea groups is 1. The van der Waals surface area contributed by atoms with E-state index in [1.54, 1.807) is 25.3 Å². The van der Waals surface area contributed by atoms with E-state index in [2.05, 4.69) is 25.5 Å². The maximum Gasteiger partial charge on any atom is 0.319 e. The van der Waals surface area contributed by atoms with Crippen molar-refractivity contribution >= 4 is 34.2 Å². The van der Waals surface area contributed by atoms with Crippen LogP contribution in [-0.4, -0.2) is 60.8 Å². The number of fused-ring (bicyclic) bond motifs is 1. The molecule has 2 aromatic carbocycles. The first-order valence-electron chi connectivity index (χ1n) is 12.8. The quantitative estimate of drug-likeness (QED) is 0.301. The molecule has 2 N–H and O–H groups in total. The van der Waals surface area contributed by atoms with E-state index in [0.717, 1.165) is 19.4 Å². The Morgan fingerprint density at radius 2 is 1.95 bits per heavy atom. The topological polar surface area (TPSA) is 97.8 Å². The van der Waals surface area contributed by atoms with Gasteiger partial charge in [0.15, 0.2) is 11.5 Å². The van der Waals surface area contributed by atoms with Gasteiger partial charge in [0.05, 0.1) is 35.3 Å². The number of halogens is 1.